The first-order valence-corrected chi connectivity index (χ1v) is 7.19. The van der Waals surface area contributed by atoms with Crippen LogP contribution in [0.3, 0.4) is 0 Å². The highest BCUT2D eigenvalue weighted by Gasteiger charge is 2.35. The Balaban J connectivity index is 2.19. The second-order valence-electron chi connectivity index (χ2n) is 4.14. The number of rotatable bonds is 3. The summed E-state index contributed by atoms with van der Waals surface area (Å²) in [6, 6.07) is 0.0613. The maximum atomic E-state index is 5.95. The van der Waals surface area contributed by atoms with Crippen molar-refractivity contribution < 1.29 is 0 Å². The molecule has 5 heteroatoms. The van der Waals surface area contributed by atoms with Crippen LogP contribution >= 0.6 is 23.1 Å². The van der Waals surface area contributed by atoms with E-state index in [-0.39, 0.29) is 10.8 Å². The average Bonchev–Trinajstić information content (AvgIpc) is 2.85. The number of thioether (sulfide) groups is 1. The Morgan fingerprint density at radius 2 is 2.33 bits per heavy atom. The Kier molecular flexibility index (Phi) is 3.33. The minimum absolute atomic E-state index is 0.0613. The molecule has 0 radical (unpaired) electrons. The SMILES string of the molecule is CCC(N)c1nnc(C2(C)CCCS2)s1. The Bertz CT molecular complexity index is 331. The standard InChI is InChI=1S/C10H17N3S2/c1-3-7(11)8-12-13-9(15-8)10(2)5-4-6-14-10/h7H,3-6,11H2,1-2H3. The van der Waals surface area contributed by atoms with Gasteiger partial charge in [-0.3, -0.25) is 0 Å². The zero-order valence-electron chi connectivity index (χ0n) is 9.19. The van der Waals surface area contributed by atoms with Crippen molar-refractivity contribution in [3.8, 4) is 0 Å². The van der Waals surface area contributed by atoms with Gasteiger partial charge in [-0.2, -0.15) is 0 Å². The lowest BCUT2D eigenvalue weighted by Gasteiger charge is -2.17. The summed E-state index contributed by atoms with van der Waals surface area (Å²) >= 11 is 3.69. The molecule has 3 nitrogen and oxygen atoms in total. The van der Waals surface area contributed by atoms with Crippen LogP contribution in [0.1, 0.15) is 49.2 Å². The molecule has 0 aliphatic carbocycles. The summed E-state index contributed by atoms with van der Waals surface area (Å²) in [4.78, 5) is 0. The lowest BCUT2D eigenvalue weighted by Crippen LogP contribution is -2.11. The second-order valence-corrected chi connectivity index (χ2v) is 6.75. The fourth-order valence-electron chi connectivity index (χ4n) is 1.72. The van der Waals surface area contributed by atoms with E-state index in [2.05, 4.69) is 24.0 Å². The van der Waals surface area contributed by atoms with Gasteiger partial charge in [-0.1, -0.05) is 18.3 Å². The highest BCUT2D eigenvalue weighted by atomic mass is 32.2. The lowest BCUT2D eigenvalue weighted by molar-refractivity contribution is 0.630. The molecule has 0 saturated carbocycles. The first kappa shape index (κ1) is 11.4. The third kappa shape index (κ3) is 2.19. The van der Waals surface area contributed by atoms with Crippen LogP contribution in [0.15, 0.2) is 0 Å². The molecular formula is C10H17N3S2. The fourth-order valence-corrected chi connectivity index (χ4v) is 4.21. The minimum Gasteiger partial charge on any atom is -0.322 e. The summed E-state index contributed by atoms with van der Waals surface area (Å²) in [6.45, 7) is 4.35. The average molecular weight is 243 g/mol. The zero-order chi connectivity index (χ0) is 10.9. The molecule has 15 heavy (non-hydrogen) atoms. The number of hydrogen-bond donors (Lipinski definition) is 1. The predicted octanol–water partition coefficient (Wildman–Crippen LogP) is 2.69. The van der Waals surface area contributed by atoms with Gasteiger partial charge in [0.2, 0.25) is 0 Å². The Morgan fingerprint density at radius 1 is 1.53 bits per heavy atom. The molecule has 2 N–H and O–H groups in total. The third-order valence-electron chi connectivity index (χ3n) is 2.87. The van der Waals surface area contributed by atoms with E-state index < -0.39 is 0 Å². The van der Waals surface area contributed by atoms with Gasteiger partial charge in [0, 0.05) is 0 Å². The Labute approximate surface area is 98.9 Å². The van der Waals surface area contributed by atoms with E-state index in [0.29, 0.717) is 0 Å². The van der Waals surface area contributed by atoms with Gasteiger partial charge in [-0.15, -0.1) is 22.0 Å². The molecule has 1 aliphatic rings. The van der Waals surface area contributed by atoms with Crippen LogP contribution in [0.2, 0.25) is 0 Å². The molecule has 1 aromatic heterocycles. The maximum absolute atomic E-state index is 5.95. The quantitative estimate of drug-likeness (QED) is 0.887. The Hall–Kier alpha value is -0.130. The normalized spacial score (nSPS) is 28.2. The molecule has 1 aliphatic heterocycles. The molecule has 1 saturated heterocycles. The van der Waals surface area contributed by atoms with Crippen molar-refractivity contribution in [1.29, 1.82) is 0 Å². The van der Waals surface area contributed by atoms with Gasteiger partial charge in [0.1, 0.15) is 10.0 Å². The first-order valence-electron chi connectivity index (χ1n) is 5.39. The molecule has 0 bridgehead atoms. The van der Waals surface area contributed by atoms with Gasteiger partial charge in [0.15, 0.2) is 0 Å². The molecule has 2 unspecified atom stereocenters. The van der Waals surface area contributed by atoms with E-state index in [4.69, 9.17) is 5.73 Å². The molecule has 1 aromatic rings. The zero-order valence-corrected chi connectivity index (χ0v) is 10.8. The van der Waals surface area contributed by atoms with E-state index in [1.54, 1.807) is 11.3 Å². The van der Waals surface area contributed by atoms with Crippen LogP contribution in [0.4, 0.5) is 0 Å². The smallest absolute Gasteiger partial charge is 0.134 e. The predicted molar refractivity (Wildman–Crippen MR) is 66.2 cm³/mol. The van der Waals surface area contributed by atoms with Gasteiger partial charge in [0.05, 0.1) is 10.8 Å². The van der Waals surface area contributed by atoms with Crippen molar-refractivity contribution in [3.63, 3.8) is 0 Å². The highest BCUT2D eigenvalue weighted by Crippen LogP contribution is 2.47. The summed E-state index contributed by atoms with van der Waals surface area (Å²) in [7, 11) is 0. The minimum atomic E-state index is 0.0613. The first-order chi connectivity index (χ1) is 7.15. The molecule has 2 rings (SSSR count). The van der Waals surface area contributed by atoms with Crippen molar-refractivity contribution in [2.45, 2.75) is 43.9 Å². The molecule has 2 atom stereocenters. The van der Waals surface area contributed by atoms with Gasteiger partial charge in [-0.25, -0.2) is 0 Å². The van der Waals surface area contributed by atoms with Crippen LogP contribution < -0.4 is 5.73 Å². The van der Waals surface area contributed by atoms with E-state index >= 15 is 0 Å². The fraction of sp³-hybridized carbons (Fsp3) is 0.800. The van der Waals surface area contributed by atoms with Crippen LogP contribution in [-0.2, 0) is 4.75 Å². The van der Waals surface area contributed by atoms with Gasteiger partial charge in [-0.05, 0) is 31.9 Å². The number of aromatic nitrogens is 2. The number of nitrogens with zero attached hydrogens (tertiary/aromatic N) is 2. The van der Waals surface area contributed by atoms with Crippen molar-refractivity contribution in [2.75, 3.05) is 5.75 Å². The van der Waals surface area contributed by atoms with Crippen LogP contribution in [0.25, 0.3) is 0 Å². The van der Waals surface area contributed by atoms with E-state index in [0.717, 1.165) is 16.4 Å². The highest BCUT2D eigenvalue weighted by molar-refractivity contribution is 8.00. The number of hydrogen-bond acceptors (Lipinski definition) is 5. The van der Waals surface area contributed by atoms with Crippen LogP contribution in [0, 0.1) is 0 Å². The molecule has 0 amide bonds. The van der Waals surface area contributed by atoms with E-state index in [9.17, 15) is 0 Å². The lowest BCUT2D eigenvalue weighted by atomic mass is 10.1. The summed E-state index contributed by atoms with van der Waals surface area (Å²) in [5, 5.41) is 10.7. The van der Waals surface area contributed by atoms with Gasteiger partial charge in [0.25, 0.3) is 0 Å². The van der Waals surface area contributed by atoms with Crippen molar-refractivity contribution in [2.24, 2.45) is 5.73 Å². The molecule has 2 heterocycles. The summed E-state index contributed by atoms with van der Waals surface area (Å²) in [6.07, 6.45) is 3.43. The number of nitrogens with two attached hydrogens (primary N) is 1. The van der Waals surface area contributed by atoms with Crippen LogP contribution in [0.5, 0.6) is 0 Å². The molecule has 0 aromatic carbocycles. The van der Waals surface area contributed by atoms with E-state index in [1.807, 2.05) is 11.8 Å². The van der Waals surface area contributed by atoms with Gasteiger partial charge < -0.3 is 5.73 Å². The molecule has 1 fully saturated rings. The van der Waals surface area contributed by atoms with Crippen molar-refractivity contribution in [1.82, 2.24) is 10.2 Å². The second kappa shape index (κ2) is 4.39. The summed E-state index contributed by atoms with van der Waals surface area (Å²) < 4.78 is 0.198. The molecule has 0 spiro atoms. The molecular weight excluding hydrogens is 226 g/mol. The summed E-state index contributed by atoms with van der Waals surface area (Å²) in [5.41, 5.74) is 5.95. The largest absolute Gasteiger partial charge is 0.322 e. The topological polar surface area (TPSA) is 51.8 Å². The Morgan fingerprint density at radius 3 is 2.93 bits per heavy atom. The van der Waals surface area contributed by atoms with Crippen LogP contribution in [-0.4, -0.2) is 16.0 Å². The van der Waals surface area contributed by atoms with E-state index in [1.165, 1.54) is 18.6 Å². The van der Waals surface area contributed by atoms with Gasteiger partial charge >= 0.3 is 0 Å². The molecule has 84 valence electrons. The summed E-state index contributed by atoms with van der Waals surface area (Å²) in [5.74, 6) is 1.24. The monoisotopic (exact) mass is 243 g/mol. The third-order valence-corrected chi connectivity index (χ3v) is 5.84. The van der Waals surface area contributed by atoms with Crippen molar-refractivity contribution >= 4 is 23.1 Å². The maximum Gasteiger partial charge on any atom is 0.134 e. The van der Waals surface area contributed by atoms with Crippen molar-refractivity contribution in [3.05, 3.63) is 10.0 Å².